The van der Waals surface area contributed by atoms with Gasteiger partial charge in [0.15, 0.2) is 0 Å². The quantitative estimate of drug-likeness (QED) is 0.908. The van der Waals surface area contributed by atoms with Gasteiger partial charge in [-0.1, -0.05) is 6.07 Å². The average Bonchev–Trinajstić information content (AvgIpc) is 2.91. The van der Waals surface area contributed by atoms with Gasteiger partial charge in [-0.2, -0.15) is 0 Å². The lowest BCUT2D eigenvalue weighted by Gasteiger charge is -2.24. The Labute approximate surface area is 122 Å². The topological polar surface area (TPSA) is 56.3 Å². The first-order valence-electron chi connectivity index (χ1n) is 7.26. The number of likely N-dealkylation sites (tertiary alicyclic amines) is 1. The highest BCUT2D eigenvalue weighted by molar-refractivity contribution is 5.85. The molecular weight excluding hydrogens is 271 g/mol. The van der Waals surface area contributed by atoms with E-state index in [1.807, 2.05) is 6.92 Å². The fourth-order valence-electron chi connectivity index (χ4n) is 3.20. The van der Waals surface area contributed by atoms with Crippen molar-refractivity contribution in [2.75, 3.05) is 13.2 Å². The van der Waals surface area contributed by atoms with E-state index in [1.165, 1.54) is 12.1 Å². The lowest BCUT2D eigenvalue weighted by atomic mass is 10.0. The molecule has 1 fully saturated rings. The summed E-state index contributed by atoms with van der Waals surface area (Å²) in [6.45, 7) is 3.61. The Morgan fingerprint density at radius 2 is 2.24 bits per heavy atom. The van der Waals surface area contributed by atoms with Gasteiger partial charge in [0.2, 0.25) is 0 Å². The lowest BCUT2D eigenvalue weighted by Crippen LogP contribution is -2.32. The molecule has 21 heavy (non-hydrogen) atoms. The van der Waals surface area contributed by atoms with E-state index in [0.717, 1.165) is 36.0 Å². The molecule has 0 aliphatic carbocycles. The summed E-state index contributed by atoms with van der Waals surface area (Å²) in [6, 6.07) is 4.52. The number of aliphatic hydroxyl groups is 1. The van der Waals surface area contributed by atoms with Gasteiger partial charge in [0.25, 0.3) is 5.56 Å². The zero-order valence-electron chi connectivity index (χ0n) is 12.0. The third-order valence-electron chi connectivity index (χ3n) is 4.38. The third kappa shape index (κ3) is 2.59. The highest BCUT2D eigenvalue weighted by atomic mass is 19.1. The predicted molar refractivity (Wildman–Crippen MR) is 79.8 cm³/mol. The number of nitrogens with one attached hydrogen (secondary N) is 1. The number of nitrogens with zero attached hydrogens (tertiary/aromatic N) is 1. The molecule has 1 aromatic carbocycles. The van der Waals surface area contributed by atoms with Gasteiger partial charge < -0.3 is 10.1 Å². The van der Waals surface area contributed by atoms with Gasteiger partial charge in [-0.15, -0.1) is 0 Å². The molecule has 0 unspecified atom stereocenters. The summed E-state index contributed by atoms with van der Waals surface area (Å²) in [5.41, 5.74) is 1.55. The van der Waals surface area contributed by atoms with E-state index < -0.39 is 5.82 Å². The van der Waals surface area contributed by atoms with E-state index in [0.29, 0.717) is 11.9 Å². The number of hydrogen-bond donors (Lipinski definition) is 2. The minimum absolute atomic E-state index is 0.148. The first-order chi connectivity index (χ1) is 10.1. The van der Waals surface area contributed by atoms with Crippen LogP contribution in [0.5, 0.6) is 0 Å². The highest BCUT2D eigenvalue weighted by Gasteiger charge is 2.25. The maximum Gasteiger partial charge on any atom is 0.256 e. The van der Waals surface area contributed by atoms with Crippen LogP contribution in [0.15, 0.2) is 23.0 Å². The number of aromatic amines is 1. The van der Waals surface area contributed by atoms with E-state index in [4.69, 9.17) is 0 Å². The Morgan fingerprint density at radius 1 is 1.43 bits per heavy atom. The Morgan fingerprint density at radius 3 is 3.00 bits per heavy atom. The summed E-state index contributed by atoms with van der Waals surface area (Å²) >= 11 is 0. The van der Waals surface area contributed by atoms with Crippen LogP contribution in [-0.2, 0) is 6.54 Å². The molecule has 0 bridgehead atoms. The van der Waals surface area contributed by atoms with E-state index >= 15 is 0 Å². The van der Waals surface area contributed by atoms with E-state index in [-0.39, 0.29) is 18.2 Å². The fraction of sp³-hybridized carbons (Fsp3) is 0.438. The van der Waals surface area contributed by atoms with Crippen LogP contribution >= 0.6 is 0 Å². The smallest absolute Gasteiger partial charge is 0.256 e. The number of rotatable bonds is 3. The maximum atomic E-state index is 13.4. The van der Waals surface area contributed by atoms with Crippen molar-refractivity contribution in [1.82, 2.24) is 9.88 Å². The van der Waals surface area contributed by atoms with Gasteiger partial charge in [0.05, 0.1) is 12.0 Å². The molecule has 1 aliphatic heterocycles. The van der Waals surface area contributed by atoms with Crippen LogP contribution in [0.1, 0.15) is 24.1 Å². The lowest BCUT2D eigenvalue weighted by molar-refractivity contribution is 0.153. The number of benzene rings is 1. The number of aliphatic hydroxyl groups excluding tert-OH is 1. The Bertz CT molecular complexity index is 726. The minimum atomic E-state index is -0.405. The summed E-state index contributed by atoms with van der Waals surface area (Å²) in [6.07, 6.45) is 2.06. The van der Waals surface area contributed by atoms with Crippen LogP contribution in [0.25, 0.3) is 10.8 Å². The predicted octanol–water partition coefficient (Wildman–Crippen LogP) is 1.93. The number of aromatic nitrogens is 1. The third-order valence-corrected chi connectivity index (χ3v) is 4.38. The molecule has 5 heteroatoms. The Hall–Kier alpha value is -1.72. The molecule has 1 aliphatic rings. The van der Waals surface area contributed by atoms with Crippen LogP contribution in [0, 0.1) is 12.7 Å². The van der Waals surface area contributed by atoms with Crippen molar-refractivity contribution in [3.63, 3.8) is 0 Å². The number of halogens is 1. The molecule has 4 nitrogen and oxygen atoms in total. The van der Waals surface area contributed by atoms with Crippen molar-refractivity contribution >= 4 is 10.8 Å². The van der Waals surface area contributed by atoms with Gasteiger partial charge in [0, 0.05) is 18.3 Å². The van der Waals surface area contributed by atoms with Gasteiger partial charge in [0.1, 0.15) is 5.82 Å². The van der Waals surface area contributed by atoms with Crippen LogP contribution in [-0.4, -0.2) is 34.2 Å². The average molecular weight is 290 g/mol. The summed E-state index contributed by atoms with van der Waals surface area (Å²) in [5.74, 6) is -0.405. The molecule has 0 saturated carbocycles. The van der Waals surface area contributed by atoms with Crippen LogP contribution in [0.2, 0.25) is 0 Å². The second-order valence-corrected chi connectivity index (χ2v) is 5.70. The van der Waals surface area contributed by atoms with Gasteiger partial charge in [-0.3, -0.25) is 9.69 Å². The molecule has 0 radical (unpaired) electrons. The fourth-order valence-corrected chi connectivity index (χ4v) is 3.20. The number of hydrogen-bond acceptors (Lipinski definition) is 3. The van der Waals surface area contributed by atoms with Gasteiger partial charge in [-0.05, 0) is 49.4 Å². The van der Waals surface area contributed by atoms with Crippen molar-refractivity contribution < 1.29 is 9.50 Å². The van der Waals surface area contributed by atoms with Crippen molar-refractivity contribution in [3.05, 3.63) is 45.6 Å². The van der Waals surface area contributed by atoms with Gasteiger partial charge >= 0.3 is 0 Å². The molecule has 2 aromatic rings. The van der Waals surface area contributed by atoms with Gasteiger partial charge in [-0.25, -0.2) is 4.39 Å². The van der Waals surface area contributed by atoms with E-state index in [2.05, 4.69) is 9.88 Å². The first-order valence-corrected chi connectivity index (χ1v) is 7.26. The molecule has 0 amide bonds. The molecule has 1 atom stereocenters. The molecule has 2 heterocycles. The molecule has 1 aromatic heterocycles. The van der Waals surface area contributed by atoms with Crippen molar-refractivity contribution in [2.24, 2.45) is 0 Å². The zero-order valence-corrected chi connectivity index (χ0v) is 12.0. The van der Waals surface area contributed by atoms with E-state index in [9.17, 15) is 14.3 Å². The maximum absolute atomic E-state index is 13.4. The molecule has 2 N–H and O–H groups in total. The molecule has 0 spiro atoms. The normalized spacial score (nSPS) is 19.5. The van der Waals surface area contributed by atoms with Crippen LogP contribution in [0.4, 0.5) is 4.39 Å². The van der Waals surface area contributed by atoms with Crippen LogP contribution < -0.4 is 5.56 Å². The van der Waals surface area contributed by atoms with Crippen molar-refractivity contribution in [1.29, 1.82) is 0 Å². The Balaban J connectivity index is 2.07. The minimum Gasteiger partial charge on any atom is -0.395 e. The zero-order chi connectivity index (χ0) is 15.0. The molecule has 3 rings (SSSR count). The van der Waals surface area contributed by atoms with Crippen molar-refractivity contribution in [3.8, 4) is 0 Å². The SMILES string of the molecule is Cc1[nH]c(=O)c2cc(F)ccc2c1CN1CCC[C@H]1CO. The Kier molecular flexibility index (Phi) is 3.78. The van der Waals surface area contributed by atoms with Crippen molar-refractivity contribution in [2.45, 2.75) is 32.4 Å². The summed E-state index contributed by atoms with van der Waals surface area (Å²) in [5, 5.41) is 10.6. The number of fused-ring (bicyclic) bond motifs is 1. The monoisotopic (exact) mass is 290 g/mol. The second kappa shape index (κ2) is 5.58. The second-order valence-electron chi connectivity index (χ2n) is 5.70. The highest BCUT2D eigenvalue weighted by Crippen LogP contribution is 2.25. The molecule has 112 valence electrons. The summed E-state index contributed by atoms with van der Waals surface area (Å²) < 4.78 is 13.4. The summed E-state index contributed by atoms with van der Waals surface area (Å²) in [4.78, 5) is 17.0. The largest absolute Gasteiger partial charge is 0.395 e. The number of aryl methyl sites for hydroxylation is 1. The van der Waals surface area contributed by atoms with E-state index in [1.54, 1.807) is 6.07 Å². The molecular formula is C16H19FN2O2. The number of H-pyrrole nitrogens is 1. The van der Waals surface area contributed by atoms with Crippen LogP contribution in [0.3, 0.4) is 0 Å². The first kappa shape index (κ1) is 14.2. The standard InChI is InChI=1S/C16H19FN2O2/c1-10-15(8-19-6-2-3-12(19)9-20)13-5-4-11(17)7-14(13)16(21)18-10/h4-5,7,12,20H,2-3,6,8-9H2,1H3,(H,18,21)/t12-/m0/s1. The molecule has 1 saturated heterocycles. The summed E-state index contributed by atoms with van der Waals surface area (Å²) in [7, 11) is 0. The number of pyridine rings is 1.